The molecule has 0 radical (unpaired) electrons. The third-order valence-corrected chi connectivity index (χ3v) is 5.23. The molecule has 2 fully saturated rings. The van der Waals surface area contributed by atoms with E-state index in [0.717, 1.165) is 18.5 Å². The fourth-order valence-corrected chi connectivity index (χ4v) is 3.97. The fraction of sp³-hybridized carbons (Fsp3) is 1.00. The van der Waals surface area contributed by atoms with Crippen LogP contribution in [-0.4, -0.2) is 55.1 Å². The van der Waals surface area contributed by atoms with Crippen molar-refractivity contribution in [2.45, 2.75) is 64.3 Å². The minimum absolute atomic E-state index is 0.855. The van der Waals surface area contributed by atoms with Crippen LogP contribution in [0.3, 0.4) is 0 Å². The molecule has 0 spiro atoms. The van der Waals surface area contributed by atoms with Crippen LogP contribution in [0.25, 0.3) is 0 Å². The summed E-state index contributed by atoms with van der Waals surface area (Å²) < 4.78 is 0. The summed E-state index contributed by atoms with van der Waals surface area (Å²) in [5, 5.41) is 0. The first-order chi connectivity index (χ1) is 9.79. The lowest BCUT2D eigenvalue weighted by molar-refractivity contribution is 0.137. The molecule has 1 saturated heterocycles. The molecule has 118 valence electrons. The lowest BCUT2D eigenvalue weighted by Gasteiger charge is -2.36. The van der Waals surface area contributed by atoms with Crippen molar-refractivity contribution in [3.63, 3.8) is 0 Å². The molecule has 1 aliphatic carbocycles. The molecule has 2 N–H and O–H groups in total. The molecular formula is C17H35N3. The first-order valence-electron chi connectivity index (χ1n) is 8.96. The van der Waals surface area contributed by atoms with E-state index in [-0.39, 0.29) is 0 Å². The molecule has 20 heavy (non-hydrogen) atoms. The van der Waals surface area contributed by atoms with Gasteiger partial charge in [-0.3, -0.25) is 4.90 Å². The van der Waals surface area contributed by atoms with E-state index in [1.165, 1.54) is 84.1 Å². The van der Waals surface area contributed by atoms with Crippen molar-refractivity contribution in [3.05, 3.63) is 0 Å². The topological polar surface area (TPSA) is 32.5 Å². The van der Waals surface area contributed by atoms with Crippen LogP contribution in [0.15, 0.2) is 0 Å². The van der Waals surface area contributed by atoms with Crippen molar-refractivity contribution in [2.24, 2.45) is 11.7 Å². The monoisotopic (exact) mass is 281 g/mol. The Hall–Kier alpha value is -0.120. The van der Waals surface area contributed by atoms with Gasteiger partial charge in [0.1, 0.15) is 0 Å². The maximum Gasteiger partial charge on any atom is 0.0112 e. The number of rotatable bonds is 6. The SMILES string of the molecule is CC1CCCC(N2CCCN(CCCCCN)CC2)C1. The van der Waals surface area contributed by atoms with Crippen molar-refractivity contribution in [1.82, 2.24) is 9.80 Å². The van der Waals surface area contributed by atoms with Gasteiger partial charge in [0.15, 0.2) is 0 Å². The smallest absolute Gasteiger partial charge is 0.0112 e. The predicted molar refractivity (Wildman–Crippen MR) is 87.0 cm³/mol. The molecule has 2 atom stereocenters. The van der Waals surface area contributed by atoms with Gasteiger partial charge in [-0.1, -0.05) is 26.2 Å². The van der Waals surface area contributed by atoms with Crippen LogP contribution >= 0.6 is 0 Å². The zero-order valence-corrected chi connectivity index (χ0v) is 13.5. The standard InChI is InChI=1S/C17H35N3/c1-16-7-5-8-17(15-16)20-12-6-11-19(13-14-20)10-4-2-3-9-18/h16-17H,2-15,18H2,1H3. The van der Waals surface area contributed by atoms with Gasteiger partial charge in [-0.2, -0.15) is 0 Å². The van der Waals surface area contributed by atoms with Crippen molar-refractivity contribution in [1.29, 1.82) is 0 Å². The van der Waals surface area contributed by atoms with E-state index in [2.05, 4.69) is 16.7 Å². The molecule has 0 bridgehead atoms. The number of unbranched alkanes of at least 4 members (excludes halogenated alkanes) is 2. The lowest BCUT2D eigenvalue weighted by Crippen LogP contribution is -2.41. The summed E-state index contributed by atoms with van der Waals surface area (Å²) in [5.41, 5.74) is 5.56. The van der Waals surface area contributed by atoms with Crippen LogP contribution in [0.2, 0.25) is 0 Å². The van der Waals surface area contributed by atoms with Gasteiger partial charge in [-0.25, -0.2) is 0 Å². The third kappa shape index (κ3) is 5.34. The highest BCUT2D eigenvalue weighted by atomic mass is 15.2. The normalized spacial score (nSPS) is 30.3. The molecule has 2 aliphatic rings. The summed E-state index contributed by atoms with van der Waals surface area (Å²) in [4.78, 5) is 5.48. The van der Waals surface area contributed by atoms with E-state index < -0.39 is 0 Å². The molecule has 0 aromatic rings. The molecule has 0 aromatic heterocycles. The van der Waals surface area contributed by atoms with Gasteiger partial charge < -0.3 is 10.6 Å². The molecule has 0 aromatic carbocycles. The van der Waals surface area contributed by atoms with E-state index in [4.69, 9.17) is 5.73 Å². The summed E-state index contributed by atoms with van der Waals surface area (Å²) in [6, 6.07) is 0.885. The van der Waals surface area contributed by atoms with Crippen LogP contribution in [0, 0.1) is 5.92 Å². The zero-order valence-electron chi connectivity index (χ0n) is 13.5. The molecule has 3 nitrogen and oxygen atoms in total. The minimum atomic E-state index is 0.855. The number of hydrogen-bond acceptors (Lipinski definition) is 3. The van der Waals surface area contributed by atoms with Gasteiger partial charge in [0, 0.05) is 19.1 Å². The average Bonchev–Trinajstić information content (AvgIpc) is 2.69. The Labute approximate surface area is 125 Å². The van der Waals surface area contributed by atoms with E-state index in [9.17, 15) is 0 Å². The molecular weight excluding hydrogens is 246 g/mol. The Morgan fingerprint density at radius 3 is 2.65 bits per heavy atom. The first-order valence-corrected chi connectivity index (χ1v) is 8.96. The summed E-state index contributed by atoms with van der Waals surface area (Å²) in [6.45, 7) is 9.80. The van der Waals surface area contributed by atoms with Gasteiger partial charge in [0.2, 0.25) is 0 Å². The predicted octanol–water partition coefficient (Wildman–Crippen LogP) is 2.70. The highest BCUT2D eigenvalue weighted by molar-refractivity contribution is 4.81. The fourth-order valence-electron chi connectivity index (χ4n) is 3.97. The van der Waals surface area contributed by atoms with Crippen molar-refractivity contribution in [2.75, 3.05) is 39.3 Å². The van der Waals surface area contributed by atoms with Crippen LogP contribution < -0.4 is 5.73 Å². The van der Waals surface area contributed by atoms with Crippen LogP contribution in [-0.2, 0) is 0 Å². The average molecular weight is 281 g/mol. The molecule has 2 rings (SSSR count). The van der Waals surface area contributed by atoms with E-state index in [0.29, 0.717) is 0 Å². The van der Waals surface area contributed by atoms with Crippen molar-refractivity contribution < 1.29 is 0 Å². The maximum atomic E-state index is 5.56. The van der Waals surface area contributed by atoms with Gasteiger partial charge in [-0.15, -0.1) is 0 Å². The second-order valence-corrected chi connectivity index (χ2v) is 7.01. The Balaban J connectivity index is 1.68. The first kappa shape index (κ1) is 16.3. The van der Waals surface area contributed by atoms with Gasteiger partial charge in [0.25, 0.3) is 0 Å². The number of nitrogens with two attached hydrogens (primary N) is 1. The number of nitrogens with zero attached hydrogens (tertiary/aromatic N) is 2. The van der Waals surface area contributed by atoms with Crippen LogP contribution in [0.5, 0.6) is 0 Å². The van der Waals surface area contributed by atoms with E-state index in [1.807, 2.05) is 0 Å². The van der Waals surface area contributed by atoms with Crippen LogP contribution in [0.1, 0.15) is 58.3 Å². The maximum absolute atomic E-state index is 5.56. The second-order valence-electron chi connectivity index (χ2n) is 7.01. The third-order valence-electron chi connectivity index (χ3n) is 5.23. The Morgan fingerprint density at radius 1 is 0.950 bits per heavy atom. The molecule has 1 saturated carbocycles. The van der Waals surface area contributed by atoms with Gasteiger partial charge >= 0.3 is 0 Å². The highest BCUT2D eigenvalue weighted by Crippen LogP contribution is 2.27. The highest BCUT2D eigenvalue weighted by Gasteiger charge is 2.26. The molecule has 3 heteroatoms. The van der Waals surface area contributed by atoms with Crippen LogP contribution in [0.4, 0.5) is 0 Å². The van der Waals surface area contributed by atoms with Gasteiger partial charge in [0.05, 0.1) is 0 Å². The molecule has 1 heterocycles. The summed E-state index contributed by atoms with van der Waals surface area (Å²) in [7, 11) is 0. The van der Waals surface area contributed by atoms with Crippen molar-refractivity contribution >= 4 is 0 Å². The summed E-state index contributed by atoms with van der Waals surface area (Å²) in [5.74, 6) is 0.948. The lowest BCUT2D eigenvalue weighted by atomic mass is 9.86. The second kappa shape index (κ2) is 9.01. The van der Waals surface area contributed by atoms with Gasteiger partial charge in [-0.05, 0) is 64.2 Å². The summed E-state index contributed by atoms with van der Waals surface area (Å²) >= 11 is 0. The number of hydrogen-bond donors (Lipinski definition) is 1. The quantitative estimate of drug-likeness (QED) is 0.760. The van der Waals surface area contributed by atoms with E-state index in [1.54, 1.807) is 0 Å². The molecule has 1 aliphatic heterocycles. The molecule has 0 amide bonds. The largest absolute Gasteiger partial charge is 0.330 e. The molecule has 2 unspecified atom stereocenters. The minimum Gasteiger partial charge on any atom is -0.330 e. The Bertz CT molecular complexity index is 257. The van der Waals surface area contributed by atoms with Crippen molar-refractivity contribution in [3.8, 4) is 0 Å². The zero-order chi connectivity index (χ0) is 14.2. The summed E-state index contributed by atoms with van der Waals surface area (Å²) in [6.07, 6.45) is 11.0. The Kier molecular flexibility index (Phi) is 7.32. The Morgan fingerprint density at radius 2 is 1.85 bits per heavy atom. The van der Waals surface area contributed by atoms with E-state index >= 15 is 0 Å².